The van der Waals surface area contributed by atoms with E-state index in [9.17, 15) is 14.7 Å². The van der Waals surface area contributed by atoms with Gasteiger partial charge >= 0.3 is 0 Å². The summed E-state index contributed by atoms with van der Waals surface area (Å²) in [4.78, 5) is 30.5. The molecule has 8 nitrogen and oxygen atoms in total. The molecule has 1 heterocycles. The van der Waals surface area contributed by atoms with Crippen molar-refractivity contribution in [2.75, 3.05) is 47.0 Å². The number of ether oxygens (including phenoxy) is 3. The van der Waals surface area contributed by atoms with E-state index in [1.165, 1.54) is 7.11 Å². The second-order valence-corrected chi connectivity index (χ2v) is 9.82. The largest absolute Gasteiger partial charge is 0.507 e. The summed E-state index contributed by atoms with van der Waals surface area (Å²) < 4.78 is 16.7. The summed E-state index contributed by atoms with van der Waals surface area (Å²) in [6.45, 7) is 13.3. The van der Waals surface area contributed by atoms with Gasteiger partial charge in [0.2, 0.25) is 0 Å². The molecule has 1 saturated heterocycles. The van der Waals surface area contributed by atoms with Crippen molar-refractivity contribution in [3.63, 3.8) is 0 Å². The second kappa shape index (κ2) is 12.8. The van der Waals surface area contributed by atoms with E-state index in [2.05, 4.69) is 32.6 Å². The van der Waals surface area contributed by atoms with Gasteiger partial charge in [0.25, 0.3) is 11.7 Å². The van der Waals surface area contributed by atoms with Crippen LogP contribution in [-0.4, -0.2) is 73.6 Å². The Morgan fingerprint density at radius 3 is 2.29 bits per heavy atom. The molecule has 0 spiro atoms. The third-order valence-electron chi connectivity index (χ3n) is 6.85. The molecule has 0 radical (unpaired) electrons. The van der Waals surface area contributed by atoms with Crippen LogP contribution in [0.1, 0.15) is 50.4 Å². The van der Waals surface area contributed by atoms with Crippen LogP contribution in [0.25, 0.3) is 5.76 Å². The molecular weight excluding hydrogens is 484 g/mol. The molecule has 206 valence electrons. The minimum atomic E-state index is -0.776. The van der Waals surface area contributed by atoms with E-state index in [0.717, 1.165) is 18.7 Å². The normalized spacial score (nSPS) is 17.0. The second-order valence-electron chi connectivity index (χ2n) is 9.82. The molecule has 0 bridgehead atoms. The summed E-state index contributed by atoms with van der Waals surface area (Å²) >= 11 is 0. The predicted octanol–water partition coefficient (Wildman–Crippen LogP) is 4.81. The lowest BCUT2D eigenvalue weighted by molar-refractivity contribution is -0.140. The average Bonchev–Trinajstić information content (AvgIpc) is 3.16. The van der Waals surface area contributed by atoms with E-state index >= 15 is 0 Å². The fourth-order valence-electron chi connectivity index (χ4n) is 4.67. The van der Waals surface area contributed by atoms with Crippen LogP contribution in [0.5, 0.6) is 17.2 Å². The zero-order chi connectivity index (χ0) is 28.0. The summed E-state index contributed by atoms with van der Waals surface area (Å²) in [5.74, 6) is 0.517. The Balaban J connectivity index is 2.12. The van der Waals surface area contributed by atoms with E-state index in [-0.39, 0.29) is 11.3 Å². The molecule has 2 aromatic carbocycles. The molecule has 1 fully saturated rings. The quantitative estimate of drug-likeness (QED) is 0.242. The number of benzene rings is 2. The van der Waals surface area contributed by atoms with E-state index in [1.807, 2.05) is 13.0 Å². The zero-order valence-electron chi connectivity index (χ0n) is 23.5. The van der Waals surface area contributed by atoms with Crippen molar-refractivity contribution in [2.24, 2.45) is 5.92 Å². The molecule has 38 heavy (non-hydrogen) atoms. The first-order valence-corrected chi connectivity index (χ1v) is 13.1. The number of hydrogen-bond donors (Lipinski definition) is 1. The Kier molecular flexibility index (Phi) is 9.80. The van der Waals surface area contributed by atoms with Crippen molar-refractivity contribution < 1.29 is 28.9 Å². The maximum absolute atomic E-state index is 13.4. The predicted molar refractivity (Wildman–Crippen MR) is 148 cm³/mol. The number of ketones is 1. The lowest BCUT2D eigenvalue weighted by atomic mass is 9.93. The topological polar surface area (TPSA) is 88.5 Å². The SMILES string of the molecule is CCN(CC)CCN1C(=O)C(=O)C(=C(O)c2ccc(OCC(C)C)cc2C)[C@@H]1c1ccc(OC)c(OC)c1. The average molecular weight is 525 g/mol. The number of hydrogen-bond acceptors (Lipinski definition) is 7. The molecule has 0 aromatic heterocycles. The van der Waals surface area contributed by atoms with Crippen LogP contribution in [0, 0.1) is 12.8 Å². The van der Waals surface area contributed by atoms with Crippen molar-refractivity contribution in [2.45, 2.75) is 40.7 Å². The first-order chi connectivity index (χ1) is 18.2. The van der Waals surface area contributed by atoms with E-state index < -0.39 is 17.7 Å². The number of methoxy groups -OCH3 is 2. The number of aliphatic hydroxyl groups excluding tert-OH is 1. The molecular formula is C30H40N2O6. The number of amides is 1. The molecule has 0 saturated carbocycles. The highest BCUT2D eigenvalue weighted by Gasteiger charge is 2.46. The zero-order valence-corrected chi connectivity index (χ0v) is 23.5. The van der Waals surface area contributed by atoms with Crippen LogP contribution in [0.15, 0.2) is 42.0 Å². The van der Waals surface area contributed by atoms with Crippen LogP contribution in [-0.2, 0) is 9.59 Å². The fourth-order valence-corrected chi connectivity index (χ4v) is 4.67. The Morgan fingerprint density at radius 2 is 1.71 bits per heavy atom. The molecule has 1 amide bonds. The number of nitrogens with zero attached hydrogens (tertiary/aromatic N) is 2. The standard InChI is InChI=1S/C30H40N2O6/c1-8-31(9-2)14-15-32-27(21-10-13-24(36-6)25(17-21)37-7)26(29(34)30(32)35)28(33)23-12-11-22(16-20(23)5)38-18-19(3)4/h10-13,16-17,19,27,33H,8-9,14-15,18H2,1-7H3/t27-/m0/s1. The van der Waals surface area contributed by atoms with Crippen LogP contribution in [0.2, 0.25) is 0 Å². The molecule has 2 aromatic rings. The van der Waals surface area contributed by atoms with Gasteiger partial charge in [-0.05, 0) is 67.4 Å². The highest BCUT2D eigenvalue weighted by Crippen LogP contribution is 2.42. The van der Waals surface area contributed by atoms with Gasteiger partial charge in [-0.1, -0.05) is 33.8 Å². The monoisotopic (exact) mass is 524 g/mol. The molecule has 0 aliphatic carbocycles. The molecule has 8 heteroatoms. The van der Waals surface area contributed by atoms with Gasteiger partial charge in [-0.15, -0.1) is 0 Å². The van der Waals surface area contributed by atoms with Gasteiger partial charge in [0.15, 0.2) is 11.5 Å². The Morgan fingerprint density at radius 1 is 1.03 bits per heavy atom. The molecule has 0 unspecified atom stereocenters. The van der Waals surface area contributed by atoms with Crippen LogP contribution in [0.3, 0.4) is 0 Å². The van der Waals surface area contributed by atoms with Gasteiger partial charge in [0.1, 0.15) is 11.5 Å². The van der Waals surface area contributed by atoms with Crippen molar-refractivity contribution in [1.29, 1.82) is 0 Å². The summed E-state index contributed by atoms with van der Waals surface area (Å²) in [5.41, 5.74) is 1.93. The lowest BCUT2D eigenvalue weighted by Gasteiger charge is -2.28. The number of carbonyl (C=O) groups is 2. The number of Topliss-reactive ketones (excluding diaryl/α,β-unsaturated/α-hetero) is 1. The smallest absolute Gasteiger partial charge is 0.295 e. The molecule has 3 rings (SSSR count). The van der Waals surface area contributed by atoms with Crippen molar-refractivity contribution in [3.05, 3.63) is 58.7 Å². The number of rotatable bonds is 12. The molecule has 1 N–H and O–H groups in total. The number of aliphatic hydroxyl groups is 1. The summed E-state index contributed by atoms with van der Waals surface area (Å²) in [6.07, 6.45) is 0. The summed E-state index contributed by atoms with van der Waals surface area (Å²) in [5, 5.41) is 11.5. The minimum Gasteiger partial charge on any atom is -0.507 e. The maximum atomic E-state index is 13.4. The van der Waals surface area contributed by atoms with Gasteiger partial charge in [-0.2, -0.15) is 0 Å². The van der Waals surface area contributed by atoms with Gasteiger partial charge in [0, 0.05) is 18.7 Å². The first-order valence-electron chi connectivity index (χ1n) is 13.1. The molecule has 1 aliphatic rings. The minimum absolute atomic E-state index is 0.0562. The van der Waals surface area contributed by atoms with Gasteiger partial charge in [-0.25, -0.2) is 0 Å². The third-order valence-corrected chi connectivity index (χ3v) is 6.85. The van der Waals surface area contributed by atoms with Gasteiger partial charge in [0.05, 0.1) is 32.4 Å². The Bertz CT molecular complexity index is 1190. The number of aryl methyl sites for hydroxylation is 1. The van der Waals surface area contributed by atoms with E-state index in [4.69, 9.17) is 14.2 Å². The van der Waals surface area contributed by atoms with Crippen LogP contribution >= 0.6 is 0 Å². The highest BCUT2D eigenvalue weighted by atomic mass is 16.5. The maximum Gasteiger partial charge on any atom is 0.295 e. The number of carbonyl (C=O) groups excluding carboxylic acids is 2. The van der Waals surface area contributed by atoms with Crippen LogP contribution < -0.4 is 14.2 Å². The first kappa shape index (κ1) is 29.0. The van der Waals surface area contributed by atoms with Gasteiger partial charge < -0.3 is 29.1 Å². The van der Waals surface area contributed by atoms with E-state index in [1.54, 1.807) is 42.3 Å². The van der Waals surface area contributed by atoms with Crippen molar-refractivity contribution in [3.8, 4) is 17.2 Å². The number of likely N-dealkylation sites (N-methyl/N-ethyl adjacent to an activating group) is 1. The Labute approximate surface area is 225 Å². The van der Waals surface area contributed by atoms with E-state index in [0.29, 0.717) is 54.0 Å². The lowest BCUT2D eigenvalue weighted by Crippen LogP contribution is -2.38. The molecule has 1 atom stereocenters. The molecule has 1 aliphatic heterocycles. The third kappa shape index (κ3) is 6.13. The van der Waals surface area contributed by atoms with Crippen molar-refractivity contribution in [1.82, 2.24) is 9.80 Å². The summed E-state index contributed by atoms with van der Waals surface area (Å²) in [6, 6.07) is 9.85. The van der Waals surface area contributed by atoms with Gasteiger partial charge in [-0.3, -0.25) is 9.59 Å². The van der Waals surface area contributed by atoms with Crippen molar-refractivity contribution >= 4 is 17.4 Å². The Hall–Kier alpha value is -3.52. The highest BCUT2D eigenvalue weighted by molar-refractivity contribution is 6.46. The summed E-state index contributed by atoms with van der Waals surface area (Å²) in [7, 11) is 3.08. The fraction of sp³-hybridized carbons (Fsp3) is 0.467. The van der Waals surface area contributed by atoms with Crippen LogP contribution in [0.4, 0.5) is 0 Å². The number of likely N-dealkylation sites (tertiary alicyclic amines) is 1.